The molecule has 0 aromatic rings. The lowest BCUT2D eigenvalue weighted by Gasteiger charge is -2.05. The van der Waals surface area contributed by atoms with Gasteiger partial charge in [0.05, 0.1) is 6.10 Å². The number of aliphatic hydroxyl groups is 1. The van der Waals surface area contributed by atoms with Crippen molar-refractivity contribution in [2.75, 3.05) is 10.7 Å². The molecule has 0 aliphatic carbocycles. The molecule has 0 radical (unpaired) electrons. The molecular weight excluding hydrogens is 248 g/mol. The average Bonchev–Trinajstić information content (AvgIpc) is 1.85. The normalized spacial score (nSPS) is 13.7. The van der Waals surface area contributed by atoms with Gasteiger partial charge in [0.1, 0.15) is 0 Å². The van der Waals surface area contributed by atoms with Crippen molar-refractivity contribution in [3.63, 3.8) is 0 Å². The van der Waals surface area contributed by atoms with Crippen LogP contribution in [-0.4, -0.2) is 21.9 Å². The van der Waals surface area contributed by atoms with Gasteiger partial charge in [-0.3, -0.25) is 0 Å². The summed E-state index contributed by atoms with van der Waals surface area (Å²) in [6.07, 6.45) is 2.74. The van der Waals surface area contributed by atoms with E-state index in [0.717, 1.165) is 29.9 Å². The van der Waals surface area contributed by atoms with Crippen molar-refractivity contribution in [1.82, 2.24) is 0 Å². The first-order chi connectivity index (χ1) is 4.31. The Bertz CT molecular complexity index is 59.0. The summed E-state index contributed by atoms with van der Waals surface area (Å²) < 4.78 is 0. The van der Waals surface area contributed by atoms with Crippen molar-refractivity contribution in [1.29, 1.82) is 0 Å². The van der Waals surface area contributed by atoms with Crippen LogP contribution >= 0.6 is 31.9 Å². The van der Waals surface area contributed by atoms with Crippen LogP contribution in [0.3, 0.4) is 0 Å². The monoisotopic (exact) mass is 258 g/mol. The molecule has 0 saturated heterocycles. The van der Waals surface area contributed by atoms with Crippen LogP contribution in [0.1, 0.15) is 19.3 Å². The third-order valence-electron chi connectivity index (χ3n) is 1.11. The van der Waals surface area contributed by atoms with E-state index >= 15 is 0 Å². The zero-order valence-corrected chi connectivity index (χ0v) is 8.49. The molecule has 0 spiro atoms. The highest BCUT2D eigenvalue weighted by Gasteiger charge is 2.00. The molecule has 0 saturated carbocycles. The van der Waals surface area contributed by atoms with Gasteiger partial charge in [-0.25, -0.2) is 0 Å². The fourth-order valence-electron chi connectivity index (χ4n) is 0.583. The Morgan fingerprint density at radius 3 is 2.22 bits per heavy atom. The summed E-state index contributed by atoms with van der Waals surface area (Å²) in [7, 11) is 0. The highest BCUT2D eigenvalue weighted by molar-refractivity contribution is 9.09. The van der Waals surface area contributed by atoms with Crippen LogP contribution in [0.5, 0.6) is 0 Å². The second-order valence-corrected chi connectivity index (χ2v) is 3.55. The summed E-state index contributed by atoms with van der Waals surface area (Å²) >= 11 is 6.58. The van der Waals surface area contributed by atoms with Gasteiger partial charge < -0.3 is 5.11 Å². The maximum Gasteiger partial charge on any atom is 0.0548 e. The summed E-state index contributed by atoms with van der Waals surface area (Å²) in [5.74, 6) is 0. The molecule has 1 atom stereocenters. The minimum atomic E-state index is -0.109. The summed E-state index contributed by atoms with van der Waals surface area (Å²) in [6, 6.07) is 0. The lowest BCUT2D eigenvalue weighted by atomic mass is 10.2. The first kappa shape index (κ1) is 9.92. The van der Waals surface area contributed by atoms with E-state index in [9.17, 15) is 0 Å². The van der Waals surface area contributed by atoms with E-state index in [-0.39, 0.29) is 6.10 Å². The quantitative estimate of drug-likeness (QED) is 0.752. The van der Waals surface area contributed by atoms with Crippen LogP contribution in [0, 0.1) is 0 Å². The molecule has 3 heteroatoms. The Kier molecular flexibility index (Phi) is 7.75. The minimum absolute atomic E-state index is 0.109. The standard InChI is InChI=1S/C6H12Br2O/c7-4-1-2-6(9)3-5-8/h6,9H,1-5H2. The van der Waals surface area contributed by atoms with Crippen molar-refractivity contribution in [2.45, 2.75) is 25.4 Å². The van der Waals surface area contributed by atoms with Gasteiger partial charge in [0.2, 0.25) is 0 Å². The van der Waals surface area contributed by atoms with Gasteiger partial charge in [-0.15, -0.1) is 0 Å². The van der Waals surface area contributed by atoms with Crippen molar-refractivity contribution in [2.24, 2.45) is 0 Å². The fourth-order valence-corrected chi connectivity index (χ4v) is 1.44. The molecular formula is C6H12Br2O. The number of hydrogen-bond donors (Lipinski definition) is 1. The highest BCUT2D eigenvalue weighted by atomic mass is 79.9. The number of halogens is 2. The molecule has 0 aliphatic rings. The van der Waals surface area contributed by atoms with Crippen LogP contribution in [0.25, 0.3) is 0 Å². The van der Waals surface area contributed by atoms with Gasteiger partial charge in [0, 0.05) is 10.7 Å². The average molecular weight is 260 g/mol. The molecule has 1 N–H and O–H groups in total. The second kappa shape index (κ2) is 7.03. The third kappa shape index (κ3) is 6.81. The molecule has 0 amide bonds. The lowest BCUT2D eigenvalue weighted by Crippen LogP contribution is -2.06. The first-order valence-corrected chi connectivity index (χ1v) is 5.35. The molecule has 0 rings (SSSR count). The predicted molar refractivity (Wildman–Crippen MR) is 47.4 cm³/mol. The number of alkyl halides is 2. The van der Waals surface area contributed by atoms with Crippen molar-refractivity contribution >= 4 is 31.9 Å². The van der Waals surface area contributed by atoms with Crippen LogP contribution in [-0.2, 0) is 0 Å². The Morgan fingerprint density at radius 1 is 1.11 bits per heavy atom. The van der Waals surface area contributed by atoms with Gasteiger partial charge in [0.15, 0.2) is 0 Å². The Labute approximate surface area is 73.1 Å². The van der Waals surface area contributed by atoms with Gasteiger partial charge in [-0.05, 0) is 19.3 Å². The molecule has 0 heterocycles. The van der Waals surface area contributed by atoms with Gasteiger partial charge in [-0.1, -0.05) is 31.9 Å². The molecule has 0 aromatic carbocycles. The Balaban J connectivity index is 2.95. The summed E-state index contributed by atoms with van der Waals surface area (Å²) in [6.45, 7) is 0. The number of rotatable bonds is 5. The SMILES string of the molecule is OC(CCBr)CCCBr. The first-order valence-electron chi connectivity index (χ1n) is 3.11. The van der Waals surface area contributed by atoms with E-state index in [0.29, 0.717) is 0 Å². The van der Waals surface area contributed by atoms with Crippen molar-refractivity contribution in [3.05, 3.63) is 0 Å². The fraction of sp³-hybridized carbons (Fsp3) is 1.00. The molecule has 0 bridgehead atoms. The molecule has 1 nitrogen and oxygen atoms in total. The van der Waals surface area contributed by atoms with E-state index in [1.54, 1.807) is 0 Å². The maximum absolute atomic E-state index is 9.13. The molecule has 0 fully saturated rings. The van der Waals surface area contributed by atoms with E-state index in [2.05, 4.69) is 31.9 Å². The lowest BCUT2D eigenvalue weighted by molar-refractivity contribution is 0.161. The molecule has 0 aromatic heterocycles. The summed E-state index contributed by atoms with van der Waals surface area (Å²) in [5, 5.41) is 11.0. The van der Waals surface area contributed by atoms with Crippen LogP contribution in [0.15, 0.2) is 0 Å². The van der Waals surface area contributed by atoms with E-state index in [1.807, 2.05) is 0 Å². The van der Waals surface area contributed by atoms with Crippen molar-refractivity contribution in [3.8, 4) is 0 Å². The molecule has 0 aliphatic heterocycles. The van der Waals surface area contributed by atoms with Crippen LogP contribution < -0.4 is 0 Å². The van der Waals surface area contributed by atoms with E-state index in [1.165, 1.54) is 0 Å². The molecule has 56 valence electrons. The number of aliphatic hydroxyl groups excluding tert-OH is 1. The molecule has 9 heavy (non-hydrogen) atoms. The Hall–Kier alpha value is 0.920. The molecule has 1 unspecified atom stereocenters. The zero-order chi connectivity index (χ0) is 7.11. The smallest absolute Gasteiger partial charge is 0.0548 e. The van der Waals surface area contributed by atoms with E-state index < -0.39 is 0 Å². The Morgan fingerprint density at radius 2 is 1.78 bits per heavy atom. The maximum atomic E-state index is 9.13. The zero-order valence-electron chi connectivity index (χ0n) is 5.32. The second-order valence-electron chi connectivity index (χ2n) is 1.96. The minimum Gasteiger partial charge on any atom is -0.393 e. The largest absolute Gasteiger partial charge is 0.393 e. The highest BCUT2D eigenvalue weighted by Crippen LogP contribution is 2.04. The van der Waals surface area contributed by atoms with Gasteiger partial charge in [-0.2, -0.15) is 0 Å². The third-order valence-corrected chi connectivity index (χ3v) is 2.13. The van der Waals surface area contributed by atoms with E-state index in [4.69, 9.17) is 5.11 Å². The van der Waals surface area contributed by atoms with Gasteiger partial charge >= 0.3 is 0 Å². The van der Waals surface area contributed by atoms with Crippen LogP contribution in [0.2, 0.25) is 0 Å². The van der Waals surface area contributed by atoms with Gasteiger partial charge in [0.25, 0.3) is 0 Å². The van der Waals surface area contributed by atoms with Crippen LogP contribution in [0.4, 0.5) is 0 Å². The number of hydrogen-bond acceptors (Lipinski definition) is 1. The predicted octanol–water partition coefficient (Wildman–Crippen LogP) is 2.31. The summed E-state index contributed by atoms with van der Waals surface area (Å²) in [5.41, 5.74) is 0. The van der Waals surface area contributed by atoms with Crippen molar-refractivity contribution < 1.29 is 5.11 Å². The summed E-state index contributed by atoms with van der Waals surface area (Å²) in [4.78, 5) is 0. The topological polar surface area (TPSA) is 20.2 Å².